The Hall–Kier alpha value is -4.97. The minimum absolute atomic E-state index is 0.00312. The number of carboxylic acid groups (broad SMARTS) is 2. The summed E-state index contributed by atoms with van der Waals surface area (Å²) < 4.78 is 0. The fourth-order valence-corrected chi connectivity index (χ4v) is 6.15. The van der Waals surface area contributed by atoms with Crippen LogP contribution in [0.2, 0.25) is 0 Å². The summed E-state index contributed by atoms with van der Waals surface area (Å²) in [6, 6.07) is -10.9. The molecule has 1 heterocycles. The number of aliphatic carboxylic acids is 2. The van der Waals surface area contributed by atoms with Crippen molar-refractivity contribution in [1.29, 1.82) is 0 Å². The van der Waals surface area contributed by atoms with Gasteiger partial charge in [-0.25, -0.2) is 4.79 Å². The van der Waals surface area contributed by atoms with Crippen molar-refractivity contribution in [2.75, 3.05) is 32.8 Å². The van der Waals surface area contributed by atoms with E-state index in [0.29, 0.717) is 32.1 Å². The van der Waals surface area contributed by atoms with Crippen molar-refractivity contribution >= 4 is 53.3 Å². The normalized spacial score (nSPS) is 17.3. The number of hydrogen-bond donors (Lipinski definition) is 13. The van der Waals surface area contributed by atoms with E-state index < -0.39 is 121 Å². The van der Waals surface area contributed by atoms with Crippen LogP contribution in [-0.2, 0) is 43.2 Å². The molecule has 0 aromatic rings. The molecule has 0 spiro atoms. The number of carboxylic acids is 2. The Kier molecular flexibility index (Phi) is 23.7. The predicted molar refractivity (Wildman–Crippen MR) is 209 cm³/mol. The molecule has 59 heavy (non-hydrogen) atoms. The molecule has 0 bridgehead atoms. The lowest BCUT2D eigenvalue weighted by Gasteiger charge is -2.28. The molecule has 23 heteroatoms. The maximum atomic E-state index is 13.7. The third-order valence-electron chi connectivity index (χ3n) is 9.41. The molecule has 23 nitrogen and oxygen atoms in total. The van der Waals surface area contributed by atoms with E-state index in [0.717, 1.165) is 0 Å². The summed E-state index contributed by atoms with van der Waals surface area (Å²) in [6.45, 7) is 3.94. The Morgan fingerprint density at radius 1 is 0.644 bits per heavy atom. The first-order valence-corrected chi connectivity index (χ1v) is 19.8. The van der Waals surface area contributed by atoms with Crippen molar-refractivity contribution in [2.24, 2.45) is 23.1 Å². The average molecular weight is 845 g/mol. The second kappa shape index (κ2) is 26.9. The van der Waals surface area contributed by atoms with Crippen LogP contribution < -0.4 is 49.1 Å². The Labute approximate surface area is 342 Å². The van der Waals surface area contributed by atoms with E-state index in [4.69, 9.17) is 17.2 Å². The maximum absolute atomic E-state index is 13.7. The van der Waals surface area contributed by atoms with Gasteiger partial charge in [-0.05, 0) is 83.7 Å². The fourth-order valence-electron chi connectivity index (χ4n) is 6.15. The number of aliphatic hydroxyl groups is 2. The number of nitrogens with two attached hydrogens (primary N) is 3. The van der Waals surface area contributed by atoms with Gasteiger partial charge in [0.05, 0.1) is 19.6 Å². The van der Waals surface area contributed by atoms with Gasteiger partial charge >= 0.3 is 11.9 Å². The number of nitrogens with zero attached hydrogens (tertiary/aromatic N) is 1. The molecule has 16 N–H and O–H groups in total. The van der Waals surface area contributed by atoms with Gasteiger partial charge in [0.15, 0.2) is 0 Å². The monoisotopic (exact) mass is 844 g/mol. The van der Waals surface area contributed by atoms with Crippen molar-refractivity contribution in [2.45, 2.75) is 133 Å². The zero-order chi connectivity index (χ0) is 44.8. The number of amides is 7. The molecule has 1 aliphatic rings. The summed E-state index contributed by atoms with van der Waals surface area (Å²) in [4.78, 5) is 117. The number of nitrogens with one attached hydrogen (secondary N) is 6. The van der Waals surface area contributed by atoms with Crippen LogP contribution in [0.5, 0.6) is 0 Å². The number of carbonyl (C=O) groups is 9. The van der Waals surface area contributed by atoms with Crippen molar-refractivity contribution in [3.05, 3.63) is 0 Å². The summed E-state index contributed by atoms with van der Waals surface area (Å²) in [7, 11) is 0. The number of unbranched alkanes of at least 4 members (excludes halogenated alkanes) is 2. The number of aliphatic hydroxyl groups excluding tert-OH is 2. The van der Waals surface area contributed by atoms with Crippen LogP contribution >= 0.6 is 0 Å². The first-order chi connectivity index (χ1) is 27.8. The molecule has 0 aliphatic carbocycles. The van der Waals surface area contributed by atoms with Gasteiger partial charge in [0.2, 0.25) is 41.4 Å². The highest BCUT2D eigenvalue weighted by Crippen LogP contribution is 2.18. The smallest absolute Gasteiger partial charge is 0.326 e. The third-order valence-corrected chi connectivity index (χ3v) is 9.41. The molecule has 0 aromatic carbocycles. The Morgan fingerprint density at radius 3 is 1.66 bits per heavy atom. The predicted octanol–water partition coefficient (Wildman–Crippen LogP) is -4.92. The van der Waals surface area contributed by atoms with Crippen LogP contribution in [0.3, 0.4) is 0 Å². The number of carbonyl (C=O) groups excluding carboxylic acids is 7. The van der Waals surface area contributed by atoms with Gasteiger partial charge < -0.3 is 74.4 Å². The highest BCUT2D eigenvalue weighted by atomic mass is 16.4. The zero-order valence-electron chi connectivity index (χ0n) is 33.9. The van der Waals surface area contributed by atoms with Gasteiger partial charge in [0.1, 0.15) is 48.3 Å². The van der Waals surface area contributed by atoms with Gasteiger partial charge in [0, 0.05) is 6.54 Å². The van der Waals surface area contributed by atoms with Gasteiger partial charge in [-0.15, -0.1) is 0 Å². The second-order valence-corrected chi connectivity index (χ2v) is 14.8. The van der Waals surface area contributed by atoms with Crippen molar-refractivity contribution in [3.63, 3.8) is 0 Å². The highest BCUT2D eigenvalue weighted by Gasteiger charge is 2.38. The summed E-state index contributed by atoms with van der Waals surface area (Å²) in [5.74, 6) is -9.21. The van der Waals surface area contributed by atoms with E-state index in [-0.39, 0.29) is 51.2 Å². The van der Waals surface area contributed by atoms with Gasteiger partial charge in [-0.1, -0.05) is 13.8 Å². The molecule has 1 fully saturated rings. The largest absolute Gasteiger partial charge is 0.481 e. The van der Waals surface area contributed by atoms with Crippen LogP contribution in [0.25, 0.3) is 0 Å². The van der Waals surface area contributed by atoms with Crippen molar-refractivity contribution in [3.8, 4) is 0 Å². The summed E-state index contributed by atoms with van der Waals surface area (Å²) >= 11 is 0. The van der Waals surface area contributed by atoms with Crippen molar-refractivity contribution < 1.29 is 63.6 Å². The fraction of sp³-hybridized carbons (Fsp3) is 0.750. The van der Waals surface area contributed by atoms with Crippen LogP contribution in [-0.4, -0.2) is 160 Å². The molecular formula is C36H64N10O13. The lowest BCUT2D eigenvalue weighted by Crippen LogP contribution is -2.60. The lowest BCUT2D eigenvalue weighted by molar-refractivity contribution is -0.144. The lowest BCUT2D eigenvalue weighted by atomic mass is 10.0. The first kappa shape index (κ1) is 52.0. The Bertz CT molecular complexity index is 1450. The average Bonchev–Trinajstić information content (AvgIpc) is 3.67. The van der Waals surface area contributed by atoms with Crippen LogP contribution in [0.1, 0.15) is 85.0 Å². The SMILES string of the molecule is CC(C)C[C@H](NC(=O)[C@H](CCCCN)NC(=O)[C@H](CO)NC(=O)[C@H](C)NC(=O)[C@@H]1CCCN1C(=O)[C@@H](N)CO)C(=O)N[C@@H](CC(=O)O)C(=O)N[C@@H](CCCCN)C(=O)O. The molecule has 1 aliphatic heterocycles. The van der Waals surface area contributed by atoms with Crippen LogP contribution in [0, 0.1) is 5.92 Å². The number of rotatable bonds is 28. The Morgan fingerprint density at radius 2 is 1.14 bits per heavy atom. The van der Waals surface area contributed by atoms with Gasteiger partial charge in [0.25, 0.3) is 0 Å². The van der Waals surface area contributed by atoms with E-state index in [1.807, 2.05) is 0 Å². The number of hydrogen-bond acceptors (Lipinski definition) is 14. The molecule has 336 valence electrons. The molecule has 7 amide bonds. The molecule has 0 aromatic heterocycles. The standard InChI is InChI=1S/C36H64N10O13/c1-19(2)15-24(31(53)44-25(16-28(49)50)32(54)42-23(36(58)59)10-5-7-13-38)43-30(52)22(9-4-6-12-37)41-33(55)26(18-48)45-29(51)20(3)40-34(56)27-11-8-14-46(27)35(57)21(39)17-47/h19-27,47-48H,4-18,37-39H2,1-3H3,(H,40,56)(H,41,55)(H,42,54)(H,43,52)(H,44,53)(H,45,51)(H,49,50)(H,58,59)/t20-,21-,22-,23-,24-,25-,26-,27-/m0/s1. The third kappa shape index (κ3) is 18.2. The molecule has 1 rings (SSSR count). The van der Waals surface area contributed by atoms with E-state index in [2.05, 4.69) is 31.9 Å². The first-order valence-electron chi connectivity index (χ1n) is 19.8. The topological polar surface area (TPSA) is 388 Å². The second-order valence-electron chi connectivity index (χ2n) is 14.8. The van der Waals surface area contributed by atoms with Gasteiger partial charge in [-0.3, -0.25) is 38.4 Å². The van der Waals surface area contributed by atoms with Crippen molar-refractivity contribution in [1.82, 2.24) is 36.8 Å². The van der Waals surface area contributed by atoms with E-state index in [9.17, 15) is 63.6 Å². The minimum Gasteiger partial charge on any atom is -0.481 e. The molecule has 1 saturated heterocycles. The van der Waals surface area contributed by atoms with Crippen LogP contribution in [0.4, 0.5) is 0 Å². The van der Waals surface area contributed by atoms with Gasteiger partial charge in [-0.2, -0.15) is 0 Å². The Balaban J connectivity index is 3.14. The summed E-state index contributed by atoms with van der Waals surface area (Å²) in [5, 5.41) is 52.6. The molecule has 0 radical (unpaired) electrons. The minimum atomic E-state index is -1.73. The van der Waals surface area contributed by atoms with E-state index in [1.165, 1.54) is 11.8 Å². The maximum Gasteiger partial charge on any atom is 0.326 e. The summed E-state index contributed by atoms with van der Waals surface area (Å²) in [6.07, 6.45) is 1.38. The number of likely N-dealkylation sites (tertiary alicyclic amines) is 1. The van der Waals surface area contributed by atoms with E-state index >= 15 is 0 Å². The highest BCUT2D eigenvalue weighted by molar-refractivity contribution is 5.98. The van der Waals surface area contributed by atoms with E-state index in [1.54, 1.807) is 13.8 Å². The molecule has 0 unspecified atom stereocenters. The zero-order valence-corrected chi connectivity index (χ0v) is 33.9. The molecule has 8 atom stereocenters. The molecule has 0 saturated carbocycles. The quantitative estimate of drug-likeness (QED) is 0.0328. The van der Waals surface area contributed by atoms with Crippen LogP contribution in [0.15, 0.2) is 0 Å². The molecular weight excluding hydrogens is 780 g/mol. The summed E-state index contributed by atoms with van der Waals surface area (Å²) in [5.41, 5.74) is 16.7.